The van der Waals surface area contributed by atoms with Crippen LogP contribution in [-0.4, -0.2) is 37.2 Å². The predicted molar refractivity (Wildman–Crippen MR) is 142 cm³/mol. The maximum Gasteiger partial charge on any atom is 0.433 e. The molecular weight excluding hydrogens is 521 g/mol. The molecule has 0 saturated heterocycles. The molecule has 0 spiro atoms. The highest BCUT2D eigenvalue weighted by Gasteiger charge is 2.58. The van der Waals surface area contributed by atoms with Crippen molar-refractivity contribution in [2.24, 2.45) is 0 Å². The van der Waals surface area contributed by atoms with E-state index in [0.29, 0.717) is 11.1 Å². The minimum absolute atomic E-state index is 0.194. The molecule has 1 heterocycles. The van der Waals surface area contributed by atoms with Crippen molar-refractivity contribution < 1.29 is 32.2 Å². The van der Waals surface area contributed by atoms with Gasteiger partial charge in [0.2, 0.25) is 0 Å². The second kappa shape index (κ2) is 12.1. The summed E-state index contributed by atoms with van der Waals surface area (Å²) in [6.07, 6.45) is -3.62. The number of carbonyl (C=O) groups is 1. The van der Waals surface area contributed by atoms with Gasteiger partial charge in [0.25, 0.3) is 5.60 Å². The van der Waals surface area contributed by atoms with Crippen LogP contribution in [0.15, 0.2) is 79.0 Å². The van der Waals surface area contributed by atoms with Crippen molar-refractivity contribution in [2.75, 3.05) is 20.5 Å². The largest absolute Gasteiger partial charge is 0.462 e. The molecule has 0 N–H and O–H groups in total. The highest BCUT2D eigenvalue weighted by molar-refractivity contribution is 5.89. The first-order valence-corrected chi connectivity index (χ1v) is 12.3. The Balaban J connectivity index is 1.90. The summed E-state index contributed by atoms with van der Waals surface area (Å²) in [4.78, 5) is 11.9. The van der Waals surface area contributed by atoms with Crippen molar-refractivity contribution >= 4 is 16.9 Å². The fourth-order valence-corrected chi connectivity index (χ4v) is 4.25. The van der Waals surface area contributed by atoms with Crippen molar-refractivity contribution in [3.05, 3.63) is 107 Å². The van der Waals surface area contributed by atoms with Gasteiger partial charge in [-0.15, -0.1) is 0 Å². The number of methoxy groups -OCH3 is 1. The van der Waals surface area contributed by atoms with Crippen LogP contribution < -0.4 is 0 Å². The molecule has 1 aromatic heterocycles. The Hall–Kier alpha value is -4.57. The normalized spacial score (nSPS) is 12.7. The number of hydrogen-bond acceptors (Lipinski definition) is 5. The summed E-state index contributed by atoms with van der Waals surface area (Å²) in [5, 5.41) is 9.68. The number of hydrogen-bond donors (Lipinski definition) is 0. The van der Waals surface area contributed by atoms with E-state index in [9.17, 15) is 10.1 Å². The number of esters is 1. The van der Waals surface area contributed by atoms with Gasteiger partial charge < -0.3 is 18.8 Å². The van der Waals surface area contributed by atoms with Crippen LogP contribution in [-0.2, 0) is 26.4 Å². The van der Waals surface area contributed by atoms with Crippen molar-refractivity contribution in [1.29, 1.82) is 5.26 Å². The van der Waals surface area contributed by atoms with E-state index in [2.05, 4.69) is 11.8 Å². The van der Waals surface area contributed by atoms with Crippen LogP contribution in [0.3, 0.4) is 0 Å². The minimum atomic E-state index is -4.98. The molecule has 9 heteroatoms. The number of benzene rings is 3. The van der Waals surface area contributed by atoms with Gasteiger partial charge in [0.05, 0.1) is 29.3 Å². The van der Waals surface area contributed by atoms with Crippen LogP contribution in [0, 0.1) is 23.2 Å². The molecule has 204 valence electrons. The molecule has 6 nitrogen and oxygen atoms in total. The SMILES string of the molecule is CCOC(=O)c1ccc(C#CC(OCOC)(c2cn(Cc3ccccc3)c3cc(C#N)ccc23)C(F)(F)F)cc1. The zero-order valence-electron chi connectivity index (χ0n) is 21.8. The van der Waals surface area contributed by atoms with E-state index in [-0.39, 0.29) is 35.2 Å². The van der Waals surface area contributed by atoms with E-state index in [1.54, 1.807) is 17.6 Å². The van der Waals surface area contributed by atoms with E-state index >= 15 is 13.2 Å². The first-order chi connectivity index (χ1) is 19.2. The molecule has 40 heavy (non-hydrogen) atoms. The third kappa shape index (κ3) is 5.86. The number of fused-ring (bicyclic) bond motifs is 1. The van der Waals surface area contributed by atoms with E-state index in [1.165, 1.54) is 49.7 Å². The first kappa shape index (κ1) is 28.4. The number of carbonyl (C=O) groups excluding carboxylic acids is 1. The minimum Gasteiger partial charge on any atom is -0.462 e. The Morgan fingerprint density at radius 3 is 2.33 bits per heavy atom. The third-order valence-corrected chi connectivity index (χ3v) is 6.16. The molecule has 0 saturated carbocycles. The van der Waals surface area contributed by atoms with Gasteiger partial charge in [-0.25, -0.2) is 4.79 Å². The standard InChI is InChI=1S/C31H25F3N2O4/c1-3-39-29(37)25-12-9-22(10-13-25)15-16-30(31(32,33)34,40-21-38-2)27-20-36(19-23-7-5-4-6-8-23)28-17-24(18-35)11-14-26(27)28/h4-14,17,20H,3,19,21H2,1-2H3. The number of nitriles is 1. The smallest absolute Gasteiger partial charge is 0.433 e. The molecule has 0 bridgehead atoms. The number of halogens is 3. The summed E-state index contributed by atoms with van der Waals surface area (Å²) >= 11 is 0. The van der Waals surface area contributed by atoms with Crippen LogP contribution in [0.25, 0.3) is 10.9 Å². The predicted octanol–water partition coefficient (Wildman–Crippen LogP) is 6.17. The van der Waals surface area contributed by atoms with Crippen molar-refractivity contribution in [3.63, 3.8) is 0 Å². The number of nitrogens with zero attached hydrogens (tertiary/aromatic N) is 2. The molecule has 4 aromatic rings. The summed E-state index contributed by atoms with van der Waals surface area (Å²) in [6.45, 7) is 1.44. The fraction of sp³-hybridized carbons (Fsp3) is 0.226. The molecule has 1 atom stereocenters. The van der Waals surface area contributed by atoms with Crippen LogP contribution in [0.5, 0.6) is 0 Å². The second-order valence-corrected chi connectivity index (χ2v) is 8.78. The highest BCUT2D eigenvalue weighted by atomic mass is 19.4. The Morgan fingerprint density at radius 1 is 1.00 bits per heavy atom. The van der Waals surface area contributed by atoms with Crippen molar-refractivity contribution in [1.82, 2.24) is 4.57 Å². The average Bonchev–Trinajstić information content (AvgIpc) is 3.31. The van der Waals surface area contributed by atoms with Gasteiger partial charge in [0.15, 0.2) is 0 Å². The second-order valence-electron chi connectivity index (χ2n) is 8.78. The molecule has 0 radical (unpaired) electrons. The molecule has 4 rings (SSSR count). The van der Waals surface area contributed by atoms with Gasteiger partial charge in [0, 0.05) is 36.4 Å². The summed E-state index contributed by atoms with van der Waals surface area (Å²) < 4.78 is 62.0. The highest BCUT2D eigenvalue weighted by Crippen LogP contribution is 2.45. The molecule has 0 fully saturated rings. The lowest BCUT2D eigenvalue weighted by molar-refractivity contribution is -0.278. The van der Waals surface area contributed by atoms with E-state index < -0.39 is 24.5 Å². The van der Waals surface area contributed by atoms with Gasteiger partial charge in [-0.05, 0) is 54.8 Å². The maximum atomic E-state index is 15.0. The average molecular weight is 547 g/mol. The Kier molecular flexibility index (Phi) is 8.59. The topological polar surface area (TPSA) is 73.5 Å². The number of alkyl halides is 3. The summed E-state index contributed by atoms with van der Waals surface area (Å²) in [7, 11) is 1.22. The number of aromatic nitrogens is 1. The lowest BCUT2D eigenvalue weighted by atomic mass is 9.92. The van der Waals surface area contributed by atoms with E-state index in [1.807, 2.05) is 36.4 Å². The summed E-state index contributed by atoms with van der Waals surface area (Å²) in [6, 6.07) is 21.5. The van der Waals surface area contributed by atoms with Gasteiger partial charge in [-0.3, -0.25) is 0 Å². The number of rotatable bonds is 8. The quantitative estimate of drug-likeness (QED) is 0.150. The van der Waals surface area contributed by atoms with Gasteiger partial charge in [-0.2, -0.15) is 18.4 Å². The molecule has 1 unspecified atom stereocenters. The zero-order valence-corrected chi connectivity index (χ0v) is 21.8. The van der Waals surface area contributed by atoms with E-state index in [0.717, 1.165) is 5.56 Å². The molecule has 0 aliphatic heterocycles. The van der Waals surface area contributed by atoms with Crippen LogP contribution in [0.1, 0.15) is 39.5 Å². The molecule has 0 amide bonds. The Labute approximate surface area is 229 Å². The third-order valence-electron chi connectivity index (χ3n) is 6.16. The lowest BCUT2D eigenvalue weighted by Crippen LogP contribution is -2.44. The monoisotopic (exact) mass is 546 g/mol. The molecule has 3 aromatic carbocycles. The van der Waals surface area contributed by atoms with Crippen molar-refractivity contribution in [3.8, 4) is 17.9 Å². The zero-order chi connectivity index (χ0) is 28.8. The summed E-state index contributed by atoms with van der Waals surface area (Å²) in [5.74, 6) is 4.38. The first-order valence-electron chi connectivity index (χ1n) is 12.3. The Bertz CT molecular complexity index is 1590. The summed E-state index contributed by atoms with van der Waals surface area (Å²) in [5.41, 5.74) is -1.23. The fourth-order valence-electron chi connectivity index (χ4n) is 4.25. The van der Waals surface area contributed by atoms with Crippen molar-refractivity contribution in [2.45, 2.75) is 25.2 Å². The molecular formula is C31H25F3N2O4. The van der Waals surface area contributed by atoms with Crippen LogP contribution >= 0.6 is 0 Å². The van der Waals surface area contributed by atoms with Crippen LogP contribution in [0.4, 0.5) is 13.2 Å². The number of ether oxygens (including phenoxy) is 3. The molecule has 0 aliphatic rings. The molecule has 0 aliphatic carbocycles. The van der Waals surface area contributed by atoms with Gasteiger partial charge >= 0.3 is 12.1 Å². The maximum absolute atomic E-state index is 15.0. The van der Waals surface area contributed by atoms with Gasteiger partial charge in [0.1, 0.15) is 6.79 Å². The Morgan fingerprint density at radius 2 is 1.70 bits per heavy atom. The van der Waals surface area contributed by atoms with E-state index in [4.69, 9.17) is 14.2 Å². The lowest BCUT2D eigenvalue weighted by Gasteiger charge is -2.30. The van der Waals surface area contributed by atoms with Crippen LogP contribution in [0.2, 0.25) is 0 Å². The van der Waals surface area contributed by atoms with Gasteiger partial charge in [-0.1, -0.05) is 42.3 Å².